The lowest BCUT2D eigenvalue weighted by Gasteiger charge is -2.39. The Hall–Kier alpha value is -2.00. The molecule has 1 spiro atoms. The Bertz CT molecular complexity index is 817. The molecule has 190 valence electrons. The fourth-order valence-electron chi connectivity index (χ4n) is 4.82. The summed E-state index contributed by atoms with van der Waals surface area (Å²) in [6.07, 6.45) is 12.7. The van der Waals surface area contributed by atoms with Crippen molar-refractivity contribution in [3.63, 3.8) is 0 Å². The molecule has 0 saturated carbocycles. The number of carbonyl (C=O) groups excluding carboxylic acids is 2. The third-order valence-electron chi connectivity index (χ3n) is 6.86. The third-order valence-corrected chi connectivity index (χ3v) is 6.86. The zero-order chi connectivity index (χ0) is 24.9. The van der Waals surface area contributed by atoms with Gasteiger partial charge in [-0.1, -0.05) is 36.8 Å². The molecule has 3 rings (SSSR count). The van der Waals surface area contributed by atoms with Gasteiger partial charge in [0.25, 0.3) is 0 Å². The predicted octanol–water partition coefficient (Wildman–Crippen LogP) is 2.27. The number of epoxide rings is 1. The van der Waals surface area contributed by atoms with Crippen LogP contribution in [0.5, 0.6) is 0 Å². The van der Waals surface area contributed by atoms with Crippen LogP contribution in [0.2, 0.25) is 0 Å². The van der Waals surface area contributed by atoms with Crippen LogP contribution in [0.3, 0.4) is 0 Å². The van der Waals surface area contributed by atoms with Crippen molar-refractivity contribution in [3.8, 4) is 0 Å². The van der Waals surface area contributed by atoms with Gasteiger partial charge in [0.15, 0.2) is 0 Å². The molecule has 0 aromatic heterocycles. The van der Waals surface area contributed by atoms with Gasteiger partial charge in [-0.25, -0.2) is 0 Å². The van der Waals surface area contributed by atoms with Gasteiger partial charge in [-0.15, -0.1) is 0 Å². The van der Waals surface area contributed by atoms with Crippen LogP contribution in [0.25, 0.3) is 0 Å². The smallest absolute Gasteiger partial charge is 0.244 e. The first-order chi connectivity index (χ1) is 16.0. The molecule has 8 atom stereocenters. The second-order valence-electron chi connectivity index (χ2n) is 10.3. The van der Waals surface area contributed by atoms with E-state index in [1.54, 1.807) is 6.08 Å². The van der Waals surface area contributed by atoms with E-state index in [1.165, 1.54) is 6.08 Å². The van der Waals surface area contributed by atoms with Crippen molar-refractivity contribution in [1.29, 1.82) is 0 Å². The number of carbonyl (C=O) groups is 2. The summed E-state index contributed by atoms with van der Waals surface area (Å²) in [5, 5.41) is 3.04. The Morgan fingerprint density at radius 1 is 1.21 bits per heavy atom. The maximum atomic E-state index is 12.1. The number of hydrogen-bond donors (Lipinski definition) is 3. The van der Waals surface area contributed by atoms with Crippen molar-refractivity contribution < 1.29 is 23.8 Å². The standard InChI is InChI=1S/C26H41N3O5/c1-16(5-8-20-13-26(15-32-26)14-21(34-20)12-24(28)30)6-9-23-17(2)11-22(19(4)33-23)29-25(31)10-7-18(3)27/h5-8,10,17-23H,9,11-15,27H2,1-4H3,(H2,28,30)(H,29,31)/b8-5+,10-7-,16-6+/t17-,18-,19+,20+,21+,22+,23-,26+/m0/s1. The Morgan fingerprint density at radius 3 is 2.59 bits per heavy atom. The van der Waals surface area contributed by atoms with Crippen LogP contribution < -0.4 is 16.8 Å². The highest BCUT2D eigenvalue weighted by atomic mass is 16.6. The lowest BCUT2D eigenvalue weighted by molar-refractivity contribution is -0.125. The molecule has 2 amide bonds. The minimum absolute atomic E-state index is 0.0183. The Labute approximate surface area is 203 Å². The number of amides is 2. The minimum atomic E-state index is -0.347. The van der Waals surface area contributed by atoms with Crippen molar-refractivity contribution in [3.05, 3.63) is 36.0 Å². The SMILES string of the molecule is CC(/C=C/[C@@H]1C[C@]2(CO2)C[C@@H](CC(N)=O)O1)=C\C[C@@H]1O[C@H](C)[C@H](NC(=O)/C=C\[C@H](C)N)C[C@@H]1C. The number of nitrogens with two attached hydrogens (primary N) is 2. The summed E-state index contributed by atoms with van der Waals surface area (Å²) in [6, 6.07) is -0.169. The number of nitrogens with one attached hydrogen (secondary N) is 1. The monoisotopic (exact) mass is 475 g/mol. The van der Waals surface area contributed by atoms with Crippen molar-refractivity contribution in [2.45, 2.75) is 102 Å². The van der Waals surface area contributed by atoms with E-state index in [-0.39, 0.29) is 60.3 Å². The van der Waals surface area contributed by atoms with Gasteiger partial charge in [-0.2, -0.15) is 0 Å². The number of hydrogen-bond acceptors (Lipinski definition) is 6. The Balaban J connectivity index is 1.49. The molecule has 3 heterocycles. The van der Waals surface area contributed by atoms with Crippen LogP contribution in [0.4, 0.5) is 0 Å². The second kappa shape index (κ2) is 11.6. The Morgan fingerprint density at radius 2 is 1.94 bits per heavy atom. The predicted molar refractivity (Wildman–Crippen MR) is 131 cm³/mol. The highest BCUT2D eigenvalue weighted by Gasteiger charge is 2.51. The van der Waals surface area contributed by atoms with Gasteiger partial charge in [0.2, 0.25) is 11.8 Å². The summed E-state index contributed by atoms with van der Waals surface area (Å²) in [7, 11) is 0. The quantitative estimate of drug-likeness (QED) is 0.267. The molecule has 3 aliphatic heterocycles. The molecular formula is C26H41N3O5. The third kappa shape index (κ3) is 8.05. The maximum Gasteiger partial charge on any atom is 0.244 e. The highest BCUT2D eigenvalue weighted by molar-refractivity contribution is 5.87. The first-order valence-corrected chi connectivity index (χ1v) is 12.4. The van der Waals surface area contributed by atoms with Gasteiger partial charge >= 0.3 is 0 Å². The molecule has 0 aromatic carbocycles. The van der Waals surface area contributed by atoms with Crippen molar-refractivity contribution in [1.82, 2.24) is 5.32 Å². The zero-order valence-corrected chi connectivity index (χ0v) is 20.9. The molecule has 0 radical (unpaired) electrons. The van der Waals surface area contributed by atoms with Gasteiger partial charge in [-0.3, -0.25) is 9.59 Å². The zero-order valence-electron chi connectivity index (χ0n) is 20.9. The van der Waals surface area contributed by atoms with Gasteiger partial charge in [0.1, 0.15) is 0 Å². The lowest BCUT2D eigenvalue weighted by Crippen LogP contribution is -2.50. The highest BCUT2D eigenvalue weighted by Crippen LogP contribution is 2.43. The van der Waals surface area contributed by atoms with E-state index in [0.717, 1.165) is 37.9 Å². The van der Waals surface area contributed by atoms with Crippen LogP contribution in [-0.4, -0.2) is 60.5 Å². The first-order valence-electron chi connectivity index (χ1n) is 12.4. The average molecular weight is 476 g/mol. The van der Waals surface area contributed by atoms with E-state index in [2.05, 4.69) is 37.4 Å². The van der Waals surface area contributed by atoms with Gasteiger partial charge in [0.05, 0.1) is 49.1 Å². The molecule has 3 saturated heterocycles. The van der Waals surface area contributed by atoms with Crippen LogP contribution in [0, 0.1) is 5.92 Å². The van der Waals surface area contributed by atoms with Gasteiger partial charge in [-0.05, 0) is 39.5 Å². The van der Waals surface area contributed by atoms with Crippen LogP contribution in [0.1, 0.15) is 59.8 Å². The summed E-state index contributed by atoms with van der Waals surface area (Å²) in [6.45, 7) is 8.79. The molecule has 8 heteroatoms. The summed E-state index contributed by atoms with van der Waals surface area (Å²) < 4.78 is 18.0. The molecule has 34 heavy (non-hydrogen) atoms. The molecule has 3 aliphatic rings. The van der Waals surface area contributed by atoms with Crippen LogP contribution in [-0.2, 0) is 23.8 Å². The number of primary amides is 1. The molecule has 0 aliphatic carbocycles. The Kier molecular flexibility index (Phi) is 9.09. The number of allylic oxidation sites excluding steroid dienone is 2. The maximum absolute atomic E-state index is 12.1. The molecule has 5 N–H and O–H groups in total. The summed E-state index contributed by atoms with van der Waals surface area (Å²) >= 11 is 0. The first kappa shape index (κ1) is 26.6. The van der Waals surface area contributed by atoms with E-state index in [1.807, 2.05) is 13.8 Å². The minimum Gasteiger partial charge on any atom is -0.373 e. The van der Waals surface area contributed by atoms with Crippen molar-refractivity contribution >= 4 is 11.8 Å². The molecule has 8 nitrogen and oxygen atoms in total. The topological polar surface area (TPSA) is 129 Å². The summed E-state index contributed by atoms with van der Waals surface area (Å²) in [5.74, 6) is -0.165. The van der Waals surface area contributed by atoms with E-state index in [9.17, 15) is 9.59 Å². The van der Waals surface area contributed by atoms with Gasteiger partial charge in [0, 0.05) is 25.0 Å². The average Bonchev–Trinajstić information content (AvgIpc) is 3.49. The molecule has 0 aromatic rings. The van der Waals surface area contributed by atoms with Gasteiger partial charge < -0.3 is 31.0 Å². The van der Waals surface area contributed by atoms with E-state index in [4.69, 9.17) is 25.7 Å². The normalized spacial score (nSPS) is 37.3. The fraction of sp³-hybridized carbons (Fsp3) is 0.692. The number of rotatable bonds is 9. The van der Waals surface area contributed by atoms with Crippen LogP contribution in [0.15, 0.2) is 36.0 Å². The number of ether oxygens (including phenoxy) is 3. The molecular weight excluding hydrogens is 434 g/mol. The summed E-state index contributed by atoms with van der Waals surface area (Å²) in [4.78, 5) is 23.4. The fourth-order valence-corrected chi connectivity index (χ4v) is 4.82. The molecule has 3 fully saturated rings. The molecule has 0 unspecified atom stereocenters. The lowest BCUT2D eigenvalue weighted by atomic mass is 9.88. The van der Waals surface area contributed by atoms with E-state index in [0.29, 0.717) is 5.92 Å². The van der Waals surface area contributed by atoms with Crippen molar-refractivity contribution in [2.24, 2.45) is 17.4 Å². The van der Waals surface area contributed by atoms with E-state index >= 15 is 0 Å². The van der Waals surface area contributed by atoms with E-state index < -0.39 is 0 Å². The second-order valence-corrected chi connectivity index (χ2v) is 10.3. The van der Waals surface area contributed by atoms with Crippen LogP contribution >= 0.6 is 0 Å². The summed E-state index contributed by atoms with van der Waals surface area (Å²) in [5.41, 5.74) is 12.0. The van der Waals surface area contributed by atoms with Crippen molar-refractivity contribution in [2.75, 3.05) is 6.61 Å². The molecule has 0 bridgehead atoms. The largest absolute Gasteiger partial charge is 0.373 e.